The molecule has 1 fully saturated rings. The number of hydrogen-bond donors (Lipinski definition) is 0. The molecule has 0 unspecified atom stereocenters. The number of hydrogen-bond acceptors (Lipinski definition) is 4. The average molecular weight is 341 g/mol. The average Bonchev–Trinajstić information content (AvgIpc) is 3.10. The summed E-state index contributed by atoms with van der Waals surface area (Å²) in [4.78, 5) is 21.2. The second kappa shape index (κ2) is 7.71. The summed E-state index contributed by atoms with van der Waals surface area (Å²) >= 11 is 1.90. The summed E-state index contributed by atoms with van der Waals surface area (Å²) in [6.45, 7) is 2.05. The zero-order chi connectivity index (χ0) is 16.9. The predicted octanol–water partition coefficient (Wildman–Crippen LogP) is 3.55. The maximum atomic E-state index is 12.8. The largest absolute Gasteiger partial charge is 0.356 e. The van der Waals surface area contributed by atoms with E-state index in [1.165, 1.54) is 12.2 Å². The lowest BCUT2D eigenvalue weighted by atomic mass is 10.2. The van der Waals surface area contributed by atoms with Crippen LogP contribution in [0.25, 0.3) is 0 Å². The van der Waals surface area contributed by atoms with Gasteiger partial charge in [-0.2, -0.15) is 11.8 Å². The van der Waals surface area contributed by atoms with E-state index in [-0.39, 0.29) is 5.91 Å². The van der Waals surface area contributed by atoms with Gasteiger partial charge in [-0.3, -0.25) is 4.79 Å². The monoisotopic (exact) mass is 341 g/mol. The molecule has 0 N–H and O–H groups in total. The molecule has 126 valence electrons. The summed E-state index contributed by atoms with van der Waals surface area (Å²) in [5, 5.41) is 0. The minimum atomic E-state index is -0.00953. The minimum absolute atomic E-state index is 0.00953. The van der Waals surface area contributed by atoms with Crippen molar-refractivity contribution in [1.29, 1.82) is 0 Å². The molecule has 0 spiro atoms. The number of aromatic nitrogens is 1. The van der Waals surface area contributed by atoms with Crippen molar-refractivity contribution in [2.45, 2.75) is 6.42 Å². The van der Waals surface area contributed by atoms with Crippen LogP contribution in [0.1, 0.15) is 16.8 Å². The normalized spacial score (nSPS) is 17.1. The summed E-state index contributed by atoms with van der Waals surface area (Å²) in [6, 6.07) is 13.4. The van der Waals surface area contributed by atoms with Gasteiger partial charge in [0.15, 0.2) is 0 Å². The van der Waals surface area contributed by atoms with Gasteiger partial charge in [-0.1, -0.05) is 18.2 Å². The first-order valence-electron chi connectivity index (χ1n) is 8.22. The van der Waals surface area contributed by atoms with Gasteiger partial charge in [0.2, 0.25) is 0 Å². The highest BCUT2D eigenvalue weighted by atomic mass is 32.2. The third kappa shape index (κ3) is 3.73. The van der Waals surface area contributed by atoms with Crippen LogP contribution in [0.2, 0.25) is 0 Å². The van der Waals surface area contributed by atoms with E-state index < -0.39 is 0 Å². The van der Waals surface area contributed by atoms with Crippen LogP contribution in [0.5, 0.6) is 0 Å². The number of benzene rings is 1. The van der Waals surface area contributed by atoms with Gasteiger partial charge in [-0.25, -0.2) is 4.98 Å². The quantitative estimate of drug-likeness (QED) is 0.833. The van der Waals surface area contributed by atoms with E-state index in [2.05, 4.69) is 16.1 Å². The Balaban J connectivity index is 1.75. The molecule has 1 saturated heterocycles. The molecular formula is C19H23N3OS. The number of carbonyl (C=O) groups excluding carboxylic acids is 1. The Hall–Kier alpha value is -2.01. The number of rotatable bonds is 5. The number of para-hydroxylation sites is 1. The summed E-state index contributed by atoms with van der Waals surface area (Å²) in [5.41, 5.74) is 1.57. The molecule has 2 heterocycles. The molecule has 1 aliphatic heterocycles. The van der Waals surface area contributed by atoms with E-state index in [9.17, 15) is 4.79 Å². The molecular weight excluding hydrogens is 318 g/mol. The topological polar surface area (TPSA) is 36.4 Å². The summed E-state index contributed by atoms with van der Waals surface area (Å²) in [6.07, 6.45) is 5.09. The van der Waals surface area contributed by atoms with Crippen LogP contribution in [0.4, 0.5) is 11.5 Å². The predicted molar refractivity (Wildman–Crippen MR) is 102 cm³/mol. The maximum absolute atomic E-state index is 12.8. The number of amides is 1. The van der Waals surface area contributed by atoms with Gasteiger partial charge in [0.1, 0.15) is 5.82 Å². The molecule has 0 aliphatic carbocycles. The first-order valence-corrected chi connectivity index (χ1v) is 9.61. The molecule has 1 aromatic carbocycles. The van der Waals surface area contributed by atoms with Gasteiger partial charge in [0.05, 0.1) is 0 Å². The van der Waals surface area contributed by atoms with Gasteiger partial charge in [-0.15, -0.1) is 0 Å². The van der Waals surface area contributed by atoms with Crippen molar-refractivity contribution in [3.8, 4) is 0 Å². The summed E-state index contributed by atoms with van der Waals surface area (Å²) in [7, 11) is 1.81. The molecule has 0 saturated carbocycles. The molecule has 1 aliphatic rings. The molecule has 1 atom stereocenters. The third-order valence-corrected chi connectivity index (χ3v) is 5.26. The molecule has 24 heavy (non-hydrogen) atoms. The van der Waals surface area contributed by atoms with Gasteiger partial charge in [-0.05, 0) is 48.6 Å². The third-order valence-electron chi connectivity index (χ3n) is 4.45. The Kier molecular flexibility index (Phi) is 5.41. The van der Waals surface area contributed by atoms with Crippen LogP contribution in [0.3, 0.4) is 0 Å². The Morgan fingerprint density at radius 2 is 2.12 bits per heavy atom. The van der Waals surface area contributed by atoms with Crippen molar-refractivity contribution in [2.75, 3.05) is 41.9 Å². The Labute approximate surface area is 147 Å². The highest BCUT2D eigenvalue weighted by molar-refractivity contribution is 7.98. The van der Waals surface area contributed by atoms with Gasteiger partial charge >= 0.3 is 0 Å². The van der Waals surface area contributed by atoms with Crippen molar-refractivity contribution in [1.82, 2.24) is 4.98 Å². The minimum Gasteiger partial charge on any atom is -0.356 e. The van der Waals surface area contributed by atoms with Crippen LogP contribution in [-0.2, 0) is 0 Å². The summed E-state index contributed by atoms with van der Waals surface area (Å²) < 4.78 is 0. The van der Waals surface area contributed by atoms with Crippen LogP contribution in [0.15, 0.2) is 48.7 Å². The zero-order valence-corrected chi connectivity index (χ0v) is 15.0. The number of thioether (sulfide) groups is 1. The van der Waals surface area contributed by atoms with E-state index in [0.29, 0.717) is 11.5 Å². The van der Waals surface area contributed by atoms with Crippen molar-refractivity contribution in [2.24, 2.45) is 5.92 Å². The van der Waals surface area contributed by atoms with Crippen LogP contribution in [-0.4, -0.2) is 43.0 Å². The number of anilines is 2. The number of pyridine rings is 1. The first-order chi connectivity index (χ1) is 11.7. The fraction of sp³-hybridized carbons (Fsp3) is 0.368. The lowest BCUT2D eigenvalue weighted by molar-refractivity contribution is 0.0993. The SMILES string of the molecule is CSC[C@H]1CCN(c2cc(C(=O)N(C)c3ccccc3)ccn2)C1. The van der Waals surface area contributed by atoms with E-state index in [0.717, 1.165) is 24.6 Å². The molecule has 2 aromatic rings. The van der Waals surface area contributed by atoms with Gasteiger partial charge in [0.25, 0.3) is 5.91 Å². The first kappa shape index (κ1) is 16.8. The van der Waals surface area contributed by atoms with E-state index in [1.807, 2.05) is 55.2 Å². The Morgan fingerprint density at radius 1 is 1.33 bits per heavy atom. The highest BCUT2D eigenvalue weighted by Gasteiger charge is 2.24. The molecule has 5 heteroatoms. The second-order valence-corrected chi connectivity index (χ2v) is 7.07. The van der Waals surface area contributed by atoms with Crippen molar-refractivity contribution in [3.05, 3.63) is 54.2 Å². The number of carbonyl (C=O) groups is 1. The fourth-order valence-corrected chi connectivity index (χ4v) is 3.84. The smallest absolute Gasteiger partial charge is 0.258 e. The molecule has 1 aromatic heterocycles. The van der Waals surface area contributed by atoms with Gasteiger partial charge in [0, 0.05) is 37.6 Å². The second-order valence-electron chi connectivity index (χ2n) is 6.16. The molecule has 1 amide bonds. The lowest BCUT2D eigenvalue weighted by Gasteiger charge is -2.20. The van der Waals surface area contributed by atoms with Crippen LogP contribution < -0.4 is 9.80 Å². The number of nitrogens with zero attached hydrogens (tertiary/aromatic N) is 3. The van der Waals surface area contributed by atoms with Crippen molar-refractivity contribution in [3.63, 3.8) is 0 Å². The van der Waals surface area contributed by atoms with Crippen molar-refractivity contribution >= 4 is 29.2 Å². The van der Waals surface area contributed by atoms with E-state index in [4.69, 9.17) is 0 Å². The van der Waals surface area contributed by atoms with E-state index >= 15 is 0 Å². The van der Waals surface area contributed by atoms with Gasteiger partial charge < -0.3 is 9.80 Å². The summed E-state index contributed by atoms with van der Waals surface area (Å²) in [5.74, 6) is 2.80. The molecule has 0 radical (unpaired) electrons. The Bertz CT molecular complexity index is 692. The molecule has 0 bridgehead atoms. The Morgan fingerprint density at radius 3 is 2.88 bits per heavy atom. The highest BCUT2D eigenvalue weighted by Crippen LogP contribution is 2.25. The standard InChI is InChI=1S/C19H23N3OS/c1-21(17-6-4-3-5-7-17)19(23)16-8-10-20-18(12-16)22-11-9-15(13-22)14-24-2/h3-8,10,12,15H,9,11,13-14H2,1-2H3/t15-/m0/s1. The lowest BCUT2D eigenvalue weighted by Crippen LogP contribution is -2.27. The van der Waals surface area contributed by atoms with Crippen LogP contribution in [0, 0.1) is 5.92 Å². The molecule has 3 rings (SSSR count). The van der Waals surface area contributed by atoms with Crippen LogP contribution >= 0.6 is 11.8 Å². The fourth-order valence-electron chi connectivity index (χ4n) is 3.10. The van der Waals surface area contributed by atoms with Crippen molar-refractivity contribution < 1.29 is 4.79 Å². The van der Waals surface area contributed by atoms with E-state index in [1.54, 1.807) is 17.2 Å². The zero-order valence-electron chi connectivity index (χ0n) is 14.2. The molecule has 4 nitrogen and oxygen atoms in total. The maximum Gasteiger partial charge on any atom is 0.258 e.